The Morgan fingerprint density at radius 1 is 1.38 bits per heavy atom. The first-order valence-corrected chi connectivity index (χ1v) is 6.14. The van der Waals surface area contributed by atoms with E-state index >= 15 is 0 Å². The van der Waals surface area contributed by atoms with Crippen LogP contribution in [0.4, 0.5) is 0 Å². The summed E-state index contributed by atoms with van der Waals surface area (Å²) < 4.78 is 1.12. The molecule has 0 aliphatic rings. The van der Waals surface area contributed by atoms with Gasteiger partial charge in [-0.1, -0.05) is 22.9 Å². The molecule has 0 spiro atoms. The molecule has 0 fully saturated rings. The maximum Gasteiger partial charge on any atom is 0.0176 e. The molecule has 0 radical (unpaired) electrons. The van der Waals surface area contributed by atoms with Crippen molar-refractivity contribution in [2.24, 2.45) is 5.73 Å². The summed E-state index contributed by atoms with van der Waals surface area (Å²) in [4.78, 5) is 1.28. The molecule has 0 bridgehead atoms. The van der Waals surface area contributed by atoms with Crippen molar-refractivity contribution in [2.45, 2.75) is 24.3 Å². The van der Waals surface area contributed by atoms with E-state index in [1.54, 1.807) is 0 Å². The summed E-state index contributed by atoms with van der Waals surface area (Å²) in [6, 6.07) is 8.64. The van der Waals surface area contributed by atoms with E-state index < -0.39 is 0 Å². The lowest BCUT2D eigenvalue weighted by Gasteiger charge is -2.07. The fraction of sp³-hybridized carbons (Fsp3) is 0.400. The molecule has 72 valence electrons. The molecule has 0 unspecified atom stereocenters. The lowest BCUT2D eigenvalue weighted by Crippen LogP contribution is -2.21. The summed E-state index contributed by atoms with van der Waals surface area (Å²) in [6.07, 6.45) is 1.05. The van der Waals surface area contributed by atoms with Crippen molar-refractivity contribution in [1.82, 2.24) is 0 Å². The van der Waals surface area contributed by atoms with Gasteiger partial charge in [0.05, 0.1) is 0 Å². The van der Waals surface area contributed by atoms with Crippen molar-refractivity contribution < 1.29 is 0 Å². The second-order valence-electron chi connectivity index (χ2n) is 2.93. The van der Waals surface area contributed by atoms with E-state index in [0.29, 0.717) is 6.04 Å². The van der Waals surface area contributed by atoms with Crippen LogP contribution in [0.15, 0.2) is 33.6 Å². The standard InChI is InChI=1S/C10H14BrNS/c1-2-9(12)7-13-10-5-3-8(11)4-6-10/h3-6,9H,2,7,12H2,1H3/t9-/m1/s1. The minimum absolute atomic E-state index is 0.314. The van der Waals surface area contributed by atoms with E-state index in [1.165, 1.54) is 4.90 Å². The lowest BCUT2D eigenvalue weighted by molar-refractivity contribution is 0.725. The third-order valence-corrected chi connectivity index (χ3v) is 3.53. The van der Waals surface area contributed by atoms with Crippen LogP contribution in [-0.4, -0.2) is 11.8 Å². The van der Waals surface area contributed by atoms with Gasteiger partial charge in [-0.05, 0) is 30.7 Å². The van der Waals surface area contributed by atoms with Gasteiger partial charge in [-0.15, -0.1) is 11.8 Å². The van der Waals surface area contributed by atoms with E-state index in [-0.39, 0.29) is 0 Å². The van der Waals surface area contributed by atoms with Gasteiger partial charge in [0.15, 0.2) is 0 Å². The number of hydrogen-bond donors (Lipinski definition) is 1. The van der Waals surface area contributed by atoms with E-state index in [9.17, 15) is 0 Å². The Balaban J connectivity index is 2.41. The van der Waals surface area contributed by atoms with Gasteiger partial charge in [-0.25, -0.2) is 0 Å². The zero-order valence-corrected chi connectivity index (χ0v) is 10.1. The molecule has 1 atom stereocenters. The molecule has 3 heteroatoms. The largest absolute Gasteiger partial charge is 0.327 e. The zero-order chi connectivity index (χ0) is 9.68. The predicted molar refractivity (Wildman–Crippen MR) is 63.1 cm³/mol. The first kappa shape index (κ1) is 11.1. The van der Waals surface area contributed by atoms with Crippen LogP contribution in [0.25, 0.3) is 0 Å². The second kappa shape index (κ2) is 5.68. The minimum Gasteiger partial charge on any atom is -0.327 e. The average Bonchev–Trinajstić information content (AvgIpc) is 2.16. The Morgan fingerprint density at radius 3 is 2.54 bits per heavy atom. The molecule has 0 heterocycles. The zero-order valence-electron chi connectivity index (χ0n) is 7.66. The first-order chi connectivity index (χ1) is 6.22. The third kappa shape index (κ3) is 4.16. The summed E-state index contributed by atoms with van der Waals surface area (Å²) in [7, 11) is 0. The van der Waals surface area contributed by atoms with Crippen molar-refractivity contribution in [3.63, 3.8) is 0 Å². The van der Waals surface area contributed by atoms with Gasteiger partial charge in [0, 0.05) is 21.2 Å². The maximum absolute atomic E-state index is 5.82. The smallest absolute Gasteiger partial charge is 0.0176 e. The highest BCUT2D eigenvalue weighted by molar-refractivity contribution is 9.10. The molecular weight excluding hydrogens is 246 g/mol. The Morgan fingerprint density at radius 2 is 2.00 bits per heavy atom. The van der Waals surface area contributed by atoms with Gasteiger partial charge in [0.1, 0.15) is 0 Å². The van der Waals surface area contributed by atoms with Gasteiger partial charge in [0.25, 0.3) is 0 Å². The van der Waals surface area contributed by atoms with Crippen LogP contribution in [0.1, 0.15) is 13.3 Å². The first-order valence-electron chi connectivity index (χ1n) is 4.36. The predicted octanol–water partition coefficient (Wildman–Crippen LogP) is 3.28. The Hall–Kier alpha value is 0.01000. The number of hydrogen-bond acceptors (Lipinski definition) is 2. The number of rotatable bonds is 4. The van der Waals surface area contributed by atoms with Crippen molar-refractivity contribution in [2.75, 3.05) is 5.75 Å². The minimum atomic E-state index is 0.314. The molecule has 0 amide bonds. The van der Waals surface area contributed by atoms with Crippen LogP contribution < -0.4 is 5.73 Å². The molecule has 13 heavy (non-hydrogen) atoms. The van der Waals surface area contributed by atoms with Crippen LogP contribution in [0.2, 0.25) is 0 Å². The quantitative estimate of drug-likeness (QED) is 0.841. The molecular formula is C10H14BrNS. The number of thioether (sulfide) groups is 1. The maximum atomic E-state index is 5.82. The number of benzene rings is 1. The topological polar surface area (TPSA) is 26.0 Å². The van der Waals surface area contributed by atoms with Crippen LogP contribution >= 0.6 is 27.7 Å². The summed E-state index contributed by atoms with van der Waals surface area (Å²) >= 11 is 5.22. The molecule has 1 rings (SSSR count). The van der Waals surface area contributed by atoms with Crippen molar-refractivity contribution in [1.29, 1.82) is 0 Å². The summed E-state index contributed by atoms with van der Waals surface area (Å²) in [5.74, 6) is 0.998. The monoisotopic (exact) mass is 259 g/mol. The van der Waals surface area contributed by atoms with E-state index in [0.717, 1.165) is 16.6 Å². The fourth-order valence-electron chi connectivity index (χ4n) is 0.852. The van der Waals surface area contributed by atoms with Crippen molar-refractivity contribution in [3.8, 4) is 0 Å². The van der Waals surface area contributed by atoms with Gasteiger partial charge in [0.2, 0.25) is 0 Å². The highest BCUT2D eigenvalue weighted by Gasteiger charge is 2.00. The van der Waals surface area contributed by atoms with Gasteiger partial charge < -0.3 is 5.73 Å². The molecule has 1 nitrogen and oxygen atoms in total. The van der Waals surface area contributed by atoms with Gasteiger partial charge in [-0.2, -0.15) is 0 Å². The normalized spacial score (nSPS) is 12.8. The third-order valence-electron chi connectivity index (χ3n) is 1.80. The highest BCUT2D eigenvalue weighted by Crippen LogP contribution is 2.21. The SMILES string of the molecule is CC[C@@H](N)CSc1ccc(Br)cc1. The van der Waals surface area contributed by atoms with E-state index in [2.05, 4.69) is 47.1 Å². The van der Waals surface area contributed by atoms with Crippen LogP contribution in [-0.2, 0) is 0 Å². The Kier molecular flexibility index (Phi) is 4.84. The average molecular weight is 260 g/mol. The van der Waals surface area contributed by atoms with Crippen molar-refractivity contribution >= 4 is 27.7 Å². The van der Waals surface area contributed by atoms with E-state index in [1.807, 2.05) is 11.8 Å². The second-order valence-corrected chi connectivity index (χ2v) is 4.94. The molecule has 0 aromatic heterocycles. The number of halogens is 1. The lowest BCUT2D eigenvalue weighted by atomic mass is 10.3. The molecule has 0 aliphatic heterocycles. The van der Waals surface area contributed by atoms with Crippen LogP contribution in [0, 0.1) is 0 Å². The Labute approximate surface area is 92.2 Å². The van der Waals surface area contributed by atoms with Crippen LogP contribution in [0.5, 0.6) is 0 Å². The fourth-order valence-corrected chi connectivity index (χ4v) is 2.09. The van der Waals surface area contributed by atoms with Gasteiger partial charge in [-0.3, -0.25) is 0 Å². The molecule has 1 aromatic rings. The van der Waals surface area contributed by atoms with E-state index in [4.69, 9.17) is 5.73 Å². The summed E-state index contributed by atoms with van der Waals surface area (Å²) in [5.41, 5.74) is 5.82. The molecule has 0 aliphatic carbocycles. The molecule has 2 N–H and O–H groups in total. The Bertz CT molecular complexity index is 248. The molecule has 0 saturated carbocycles. The van der Waals surface area contributed by atoms with Crippen LogP contribution in [0.3, 0.4) is 0 Å². The molecule has 0 saturated heterocycles. The summed E-state index contributed by atoms with van der Waals surface area (Å²) in [5, 5.41) is 0. The molecule has 1 aromatic carbocycles. The highest BCUT2D eigenvalue weighted by atomic mass is 79.9. The van der Waals surface area contributed by atoms with Crippen molar-refractivity contribution in [3.05, 3.63) is 28.7 Å². The van der Waals surface area contributed by atoms with Gasteiger partial charge >= 0.3 is 0 Å². The number of nitrogens with two attached hydrogens (primary N) is 1. The summed E-state index contributed by atoms with van der Waals surface area (Å²) in [6.45, 7) is 2.12.